The second-order valence-corrected chi connectivity index (χ2v) is 5.75. The summed E-state index contributed by atoms with van der Waals surface area (Å²) in [7, 11) is 1.48. The molecule has 3 N–H and O–H groups in total. The van der Waals surface area contributed by atoms with Gasteiger partial charge in [-0.2, -0.15) is 5.10 Å². The minimum absolute atomic E-state index is 0.193. The zero-order valence-electron chi connectivity index (χ0n) is 13.0. The molecule has 0 bridgehead atoms. The van der Waals surface area contributed by atoms with Crippen LogP contribution in [0, 0.1) is 0 Å². The quantitative estimate of drug-likeness (QED) is 0.555. The molecule has 0 saturated carbocycles. The molecule has 7 nitrogen and oxygen atoms in total. The molecule has 126 valence electrons. The zero-order chi connectivity index (χ0) is 17.4. The number of amides is 2. The highest BCUT2D eigenvalue weighted by Gasteiger charge is 2.07. The summed E-state index contributed by atoms with van der Waals surface area (Å²) in [4.78, 5) is 23.4. The molecule has 0 aliphatic heterocycles. The molecule has 0 unspecified atom stereocenters. The van der Waals surface area contributed by atoms with Crippen molar-refractivity contribution in [2.45, 2.75) is 6.42 Å². The van der Waals surface area contributed by atoms with E-state index in [1.807, 2.05) is 17.5 Å². The maximum absolute atomic E-state index is 11.7. The average Bonchev–Trinajstić information content (AvgIpc) is 3.06. The summed E-state index contributed by atoms with van der Waals surface area (Å²) in [5.74, 6) is 0.0681. The smallest absolute Gasteiger partial charge is 0.255 e. The van der Waals surface area contributed by atoms with E-state index in [9.17, 15) is 9.59 Å². The van der Waals surface area contributed by atoms with Crippen molar-refractivity contribution in [3.63, 3.8) is 0 Å². The third-order valence-electron chi connectivity index (χ3n) is 2.88. The molecule has 0 aliphatic carbocycles. The largest absolute Gasteiger partial charge is 0.493 e. The van der Waals surface area contributed by atoms with Gasteiger partial charge in [0.2, 0.25) is 5.91 Å². The Morgan fingerprint density at radius 3 is 2.83 bits per heavy atom. The Labute approximate surface area is 143 Å². The Hall–Kier alpha value is -2.87. The van der Waals surface area contributed by atoms with Gasteiger partial charge in [0.1, 0.15) is 0 Å². The lowest BCUT2D eigenvalue weighted by atomic mass is 10.2. The molecule has 2 rings (SSSR count). The van der Waals surface area contributed by atoms with Crippen molar-refractivity contribution in [1.29, 1.82) is 0 Å². The fourth-order valence-electron chi connectivity index (χ4n) is 1.82. The Kier molecular flexibility index (Phi) is 6.32. The van der Waals surface area contributed by atoms with Gasteiger partial charge in [-0.1, -0.05) is 6.07 Å². The number of carbonyl (C=O) groups excluding carboxylic acids is 2. The van der Waals surface area contributed by atoms with Crippen molar-refractivity contribution in [3.05, 3.63) is 46.2 Å². The number of hydrogen-bond acceptors (Lipinski definition) is 6. The first kappa shape index (κ1) is 17.5. The Morgan fingerprint density at radius 1 is 1.33 bits per heavy atom. The maximum Gasteiger partial charge on any atom is 0.255 e. The number of hydrazone groups is 1. The highest BCUT2D eigenvalue weighted by Crippen LogP contribution is 2.27. The second kappa shape index (κ2) is 8.68. The van der Waals surface area contributed by atoms with Crippen molar-refractivity contribution < 1.29 is 19.1 Å². The van der Waals surface area contributed by atoms with Crippen LogP contribution in [0.2, 0.25) is 0 Å². The third-order valence-corrected chi connectivity index (χ3v) is 3.75. The molecular formula is C16H17N3O4S. The topological polar surface area (TPSA) is 103 Å². The van der Waals surface area contributed by atoms with E-state index in [2.05, 4.69) is 10.5 Å². The normalized spacial score (nSPS) is 10.5. The van der Waals surface area contributed by atoms with Gasteiger partial charge in [0.25, 0.3) is 5.91 Å². The molecule has 2 amide bonds. The number of ether oxygens (including phenoxy) is 2. The SMILES string of the molecule is COc1cc(/C=N/NC(=O)Cc2cccs2)ccc1OCC(N)=O. The average molecular weight is 347 g/mol. The minimum Gasteiger partial charge on any atom is -0.493 e. The summed E-state index contributed by atoms with van der Waals surface area (Å²) >= 11 is 1.52. The van der Waals surface area contributed by atoms with Gasteiger partial charge in [0.05, 0.1) is 19.7 Å². The Morgan fingerprint density at radius 2 is 2.17 bits per heavy atom. The first-order chi connectivity index (χ1) is 11.6. The van der Waals surface area contributed by atoms with Crippen molar-refractivity contribution >= 4 is 29.4 Å². The predicted octanol–water partition coefficient (Wildman–Crippen LogP) is 1.31. The highest BCUT2D eigenvalue weighted by molar-refractivity contribution is 7.10. The number of methoxy groups -OCH3 is 1. The van der Waals surface area contributed by atoms with Gasteiger partial charge >= 0.3 is 0 Å². The summed E-state index contributed by atoms with van der Waals surface area (Å²) in [6, 6.07) is 8.81. The molecule has 24 heavy (non-hydrogen) atoms. The van der Waals surface area contributed by atoms with Crippen molar-refractivity contribution in [3.8, 4) is 11.5 Å². The van der Waals surface area contributed by atoms with Gasteiger partial charge in [-0.15, -0.1) is 11.3 Å². The molecule has 0 radical (unpaired) electrons. The standard InChI is InChI=1S/C16H17N3O4S/c1-22-14-7-11(4-5-13(14)23-10-15(17)20)9-18-19-16(21)8-12-3-2-6-24-12/h2-7,9H,8,10H2,1H3,(H2,17,20)(H,19,21)/b18-9+. The number of benzene rings is 1. The van der Waals surface area contributed by atoms with Crippen LogP contribution in [0.25, 0.3) is 0 Å². The van der Waals surface area contributed by atoms with Crippen molar-refractivity contribution in [2.75, 3.05) is 13.7 Å². The van der Waals surface area contributed by atoms with E-state index >= 15 is 0 Å². The fourth-order valence-corrected chi connectivity index (χ4v) is 2.53. The van der Waals surface area contributed by atoms with Gasteiger partial charge in [0, 0.05) is 4.88 Å². The minimum atomic E-state index is -0.573. The number of carbonyl (C=O) groups is 2. The third kappa shape index (κ3) is 5.40. The molecule has 0 atom stereocenters. The van der Waals surface area contributed by atoms with E-state index in [1.54, 1.807) is 18.2 Å². The summed E-state index contributed by atoms with van der Waals surface area (Å²) in [6.45, 7) is -0.234. The van der Waals surface area contributed by atoms with Crippen LogP contribution in [0.4, 0.5) is 0 Å². The molecule has 1 aromatic heterocycles. The fraction of sp³-hybridized carbons (Fsp3) is 0.188. The summed E-state index contributed by atoms with van der Waals surface area (Å²) < 4.78 is 10.4. The van der Waals surface area contributed by atoms with Crippen LogP contribution >= 0.6 is 11.3 Å². The summed E-state index contributed by atoms with van der Waals surface area (Å²) in [6.07, 6.45) is 1.78. The first-order valence-corrected chi connectivity index (χ1v) is 7.90. The van der Waals surface area contributed by atoms with E-state index in [-0.39, 0.29) is 18.9 Å². The van der Waals surface area contributed by atoms with Crippen LogP contribution in [0.1, 0.15) is 10.4 Å². The van der Waals surface area contributed by atoms with Crippen LogP contribution in [-0.4, -0.2) is 31.7 Å². The van der Waals surface area contributed by atoms with E-state index in [4.69, 9.17) is 15.2 Å². The molecule has 1 aromatic carbocycles. The molecule has 0 fully saturated rings. The Bertz CT molecular complexity index is 729. The number of hydrogen-bond donors (Lipinski definition) is 2. The Balaban J connectivity index is 1.93. The van der Waals surface area contributed by atoms with Crippen molar-refractivity contribution in [1.82, 2.24) is 5.43 Å². The van der Waals surface area contributed by atoms with Gasteiger partial charge in [-0.3, -0.25) is 9.59 Å². The van der Waals surface area contributed by atoms with E-state index < -0.39 is 5.91 Å². The number of rotatable bonds is 8. The van der Waals surface area contributed by atoms with Gasteiger partial charge in [-0.05, 0) is 35.2 Å². The van der Waals surface area contributed by atoms with Crippen LogP contribution in [0.15, 0.2) is 40.8 Å². The molecule has 8 heteroatoms. The highest BCUT2D eigenvalue weighted by atomic mass is 32.1. The zero-order valence-corrected chi connectivity index (χ0v) is 13.8. The number of thiophene rings is 1. The lowest BCUT2D eigenvalue weighted by Crippen LogP contribution is -2.20. The molecular weight excluding hydrogens is 330 g/mol. The lowest BCUT2D eigenvalue weighted by Gasteiger charge is -2.09. The van der Waals surface area contributed by atoms with Gasteiger partial charge < -0.3 is 15.2 Å². The van der Waals surface area contributed by atoms with Crippen LogP contribution < -0.4 is 20.6 Å². The van der Waals surface area contributed by atoms with Crippen molar-refractivity contribution in [2.24, 2.45) is 10.8 Å². The molecule has 1 heterocycles. The number of nitrogens with one attached hydrogen (secondary N) is 1. The number of nitrogens with zero attached hydrogens (tertiary/aromatic N) is 1. The van der Waals surface area contributed by atoms with Gasteiger partial charge in [-0.25, -0.2) is 5.43 Å². The van der Waals surface area contributed by atoms with Crippen LogP contribution in [0.5, 0.6) is 11.5 Å². The maximum atomic E-state index is 11.7. The summed E-state index contributed by atoms with van der Waals surface area (Å²) in [5, 5.41) is 5.83. The predicted molar refractivity (Wildman–Crippen MR) is 91.4 cm³/mol. The lowest BCUT2D eigenvalue weighted by molar-refractivity contribution is -0.121. The number of primary amides is 1. The second-order valence-electron chi connectivity index (χ2n) is 4.71. The van der Waals surface area contributed by atoms with Gasteiger partial charge in [0.15, 0.2) is 18.1 Å². The van der Waals surface area contributed by atoms with E-state index in [0.29, 0.717) is 17.1 Å². The summed E-state index contributed by atoms with van der Waals surface area (Å²) in [5.41, 5.74) is 8.21. The first-order valence-electron chi connectivity index (χ1n) is 7.02. The van der Waals surface area contributed by atoms with E-state index in [0.717, 1.165) is 4.88 Å². The molecule has 0 saturated heterocycles. The molecule has 0 aliphatic rings. The van der Waals surface area contributed by atoms with E-state index in [1.165, 1.54) is 24.7 Å². The number of nitrogens with two attached hydrogens (primary N) is 1. The molecule has 0 spiro atoms. The van der Waals surface area contributed by atoms with Crippen LogP contribution in [-0.2, 0) is 16.0 Å². The van der Waals surface area contributed by atoms with Crippen LogP contribution in [0.3, 0.4) is 0 Å². The molecule has 2 aromatic rings. The monoisotopic (exact) mass is 347 g/mol.